The molecule has 0 amide bonds. The fourth-order valence-electron chi connectivity index (χ4n) is 7.23. The van der Waals surface area contributed by atoms with Crippen molar-refractivity contribution in [2.75, 3.05) is 0 Å². The van der Waals surface area contributed by atoms with E-state index in [1.807, 2.05) is 0 Å². The Hall–Kier alpha value is -0.260. The minimum absolute atomic E-state index is 0. The van der Waals surface area contributed by atoms with Crippen molar-refractivity contribution in [3.05, 3.63) is 12.2 Å². The molecule has 0 heteroatoms. The minimum Gasteiger partial charge on any atom is -0.0993 e. The Morgan fingerprint density at radius 2 is 1.86 bits per heavy atom. The zero-order valence-corrected chi connectivity index (χ0v) is 14.2. The van der Waals surface area contributed by atoms with E-state index < -0.39 is 0 Å². The van der Waals surface area contributed by atoms with Crippen LogP contribution in [0.1, 0.15) is 79.5 Å². The molecule has 0 radical (unpaired) electrons. The summed E-state index contributed by atoms with van der Waals surface area (Å²) in [4.78, 5) is 0. The van der Waals surface area contributed by atoms with Gasteiger partial charge in [0.25, 0.3) is 0 Å². The third-order valence-electron chi connectivity index (χ3n) is 8.59. The van der Waals surface area contributed by atoms with Crippen LogP contribution in [0, 0.1) is 40.9 Å². The van der Waals surface area contributed by atoms with Crippen LogP contribution in [0.25, 0.3) is 0 Å². The van der Waals surface area contributed by atoms with Gasteiger partial charge in [-0.1, -0.05) is 38.8 Å². The first-order chi connectivity index (χ1) is 10.1. The van der Waals surface area contributed by atoms with E-state index in [0.717, 1.165) is 35.5 Å². The van der Waals surface area contributed by atoms with E-state index in [4.69, 9.17) is 0 Å². The van der Waals surface area contributed by atoms with Gasteiger partial charge in [0.15, 0.2) is 0 Å². The number of rotatable bonds is 1. The van der Waals surface area contributed by atoms with Crippen molar-refractivity contribution >= 4 is 0 Å². The van der Waals surface area contributed by atoms with Crippen LogP contribution in [0.15, 0.2) is 12.2 Å². The van der Waals surface area contributed by atoms with E-state index in [2.05, 4.69) is 20.4 Å². The maximum atomic E-state index is 4.45. The molecule has 7 unspecified atom stereocenters. The second-order valence-electron chi connectivity index (χ2n) is 9.12. The summed E-state index contributed by atoms with van der Waals surface area (Å²) < 4.78 is 0. The highest BCUT2D eigenvalue weighted by Gasteiger charge is 2.54. The van der Waals surface area contributed by atoms with Crippen molar-refractivity contribution in [3.8, 4) is 0 Å². The van der Waals surface area contributed by atoms with E-state index in [9.17, 15) is 0 Å². The van der Waals surface area contributed by atoms with Gasteiger partial charge in [0.1, 0.15) is 0 Å². The molecule has 0 bridgehead atoms. The van der Waals surface area contributed by atoms with Gasteiger partial charge in [-0.05, 0) is 92.3 Å². The van der Waals surface area contributed by atoms with E-state index in [1.54, 1.807) is 31.3 Å². The van der Waals surface area contributed by atoms with Crippen LogP contribution in [0.4, 0.5) is 0 Å². The Labute approximate surface area is 133 Å². The molecule has 4 rings (SSSR count). The predicted molar refractivity (Wildman–Crippen MR) is 92.1 cm³/mol. The van der Waals surface area contributed by atoms with Crippen molar-refractivity contribution in [2.45, 2.75) is 78.1 Å². The lowest BCUT2D eigenvalue weighted by Crippen LogP contribution is -2.47. The highest BCUT2D eigenvalue weighted by molar-refractivity contribution is 5.20. The molecule has 0 aromatic rings. The largest absolute Gasteiger partial charge is 0.0993 e. The summed E-state index contributed by atoms with van der Waals surface area (Å²) in [7, 11) is 0. The topological polar surface area (TPSA) is 0 Å². The first kappa shape index (κ1) is 14.3. The van der Waals surface area contributed by atoms with Crippen LogP contribution >= 0.6 is 0 Å². The molecule has 4 fully saturated rings. The van der Waals surface area contributed by atoms with Crippen molar-refractivity contribution in [2.24, 2.45) is 40.9 Å². The second kappa shape index (κ2) is 5.14. The molecule has 0 aromatic carbocycles. The van der Waals surface area contributed by atoms with Crippen molar-refractivity contribution in [1.29, 1.82) is 0 Å². The van der Waals surface area contributed by atoms with Gasteiger partial charge in [-0.2, -0.15) is 0 Å². The molecule has 7 atom stereocenters. The van der Waals surface area contributed by atoms with Gasteiger partial charge >= 0.3 is 0 Å². The van der Waals surface area contributed by atoms with Crippen LogP contribution in [-0.2, 0) is 0 Å². The zero-order chi connectivity index (χ0) is 14.6. The summed E-state index contributed by atoms with van der Waals surface area (Å²) in [6.45, 7) is 9.42. The average Bonchev–Trinajstić information content (AvgIpc) is 2.82. The summed E-state index contributed by atoms with van der Waals surface area (Å²) >= 11 is 0. The molecule has 4 aliphatic rings. The van der Waals surface area contributed by atoms with Crippen LogP contribution in [0.5, 0.6) is 0 Å². The van der Waals surface area contributed by atoms with E-state index in [0.29, 0.717) is 5.41 Å². The summed E-state index contributed by atoms with van der Waals surface area (Å²) in [5, 5.41) is 0. The van der Waals surface area contributed by atoms with Crippen LogP contribution in [0.3, 0.4) is 0 Å². The van der Waals surface area contributed by atoms with Gasteiger partial charge in [-0.25, -0.2) is 0 Å². The Morgan fingerprint density at radius 3 is 2.67 bits per heavy atom. The van der Waals surface area contributed by atoms with Gasteiger partial charge in [0, 0.05) is 1.43 Å². The highest BCUT2D eigenvalue weighted by atomic mass is 14.6. The molecule has 120 valence electrons. The van der Waals surface area contributed by atoms with Crippen molar-refractivity contribution < 1.29 is 1.43 Å². The standard InChI is InChI=1S/C21H34.H2/c1-4-15-6-8-17-16(13-15)7-9-19-18(17)11-12-21(3)14(2)5-10-20(19)21;/h15-20H,2,4-13H2,1,3H3;1H. The smallest absolute Gasteiger partial charge is 0 e. The molecular weight excluding hydrogens is 252 g/mol. The zero-order valence-electron chi connectivity index (χ0n) is 14.2. The predicted octanol–water partition coefficient (Wildman–Crippen LogP) is 6.47. The van der Waals surface area contributed by atoms with Gasteiger partial charge in [0.05, 0.1) is 0 Å². The highest BCUT2D eigenvalue weighted by Crippen LogP contribution is 2.63. The molecule has 0 aliphatic heterocycles. The van der Waals surface area contributed by atoms with Crippen molar-refractivity contribution in [1.82, 2.24) is 0 Å². The second-order valence-corrected chi connectivity index (χ2v) is 9.12. The Bertz CT molecular complexity index is 428. The number of allylic oxidation sites excluding steroid dienone is 1. The van der Waals surface area contributed by atoms with Gasteiger partial charge in [-0.15, -0.1) is 0 Å². The minimum atomic E-state index is 0. The lowest BCUT2D eigenvalue weighted by atomic mass is 9.50. The maximum absolute atomic E-state index is 4.45. The van der Waals surface area contributed by atoms with Gasteiger partial charge in [-0.3, -0.25) is 0 Å². The molecule has 0 saturated heterocycles. The third-order valence-corrected chi connectivity index (χ3v) is 8.59. The molecule has 0 heterocycles. The molecule has 4 aliphatic carbocycles. The van der Waals surface area contributed by atoms with E-state index >= 15 is 0 Å². The summed E-state index contributed by atoms with van der Waals surface area (Å²) in [5.41, 5.74) is 2.12. The van der Waals surface area contributed by atoms with Crippen LogP contribution in [-0.4, -0.2) is 0 Å². The fourth-order valence-corrected chi connectivity index (χ4v) is 7.23. The van der Waals surface area contributed by atoms with Gasteiger partial charge < -0.3 is 0 Å². The number of hydrogen-bond acceptors (Lipinski definition) is 0. The molecule has 0 aromatic heterocycles. The summed E-state index contributed by atoms with van der Waals surface area (Å²) in [6, 6.07) is 0. The lowest BCUT2D eigenvalue weighted by Gasteiger charge is -2.55. The van der Waals surface area contributed by atoms with Crippen molar-refractivity contribution in [3.63, 3.8) is 0 Å². The molecule has 21 heavy (non-hydrogen) atoms. The van der Waals surface area contributed by atoms with E-state index in [-0.39, 0.29) is 1.43 Å². The number of fused-ring (bicyclic) bond motifs is 5. The molecule has 0 spiro atoms. The normalized spacial score (nSPS) is 53.0. The lowest BCUT2D eigenvalue weighted by molar-refractivity contribution is -0.0485. The molecule has 0 N–H and O–H groups in total. The first-order valence-electron chi connectivity index (χ1n) is 9.81. The number of hydrogen-bond donors (Lipinski definition) is 0. The molecule has 0 nitrogen and oxygen atoms in total. The first-order valence-corrected chi connectivity index (χ1v) is 9.81. The Kier molecular flexibility index (Phi) is 3.51. The SMILES string of the molecule is C=C1CCC2C3CCC4CC(CC)CCC4C3CCC12C.[HH]. The van der Waals surface area contributed by atoms with Gasteiger partial charge in [0.2, 0.25) is 0 Å². The fraction of sp³-hybridized carbons (Fsp3) is 0.905. The van der Waals surface area contributed by atoms with Crippen LogP contribution in [0.2, 0.25) is 0 Å². The monoisotopic (exact) mass is 288 g/mol. The van der Waals surface area contributed by atoms with Crippen LogP contribution < -0.4 is 0 Å². The summed E-state index contributed by atoms with van der Waals surface area (Å²) in [5.74, 6) is 6.40. The third kappa shape index (κ3) is 2.07. The average molecular weight is 289 g/mol. The Balaban J connectivity index is 0.00000144. The maximum Gasteiger partial charge on any atom is 0 e. The quantitative estimate of drug-likeness (QED) is 0.485. The molecular formula is C21H36. The molecule has 4 saturated carbocycles. The van der Waals surface area contributed by atoms with E-state index in [1.165, 1.54) is 38.5 Å². The summed E-state index contributed by atoms with van der Waals surface area (Å²) in [6.07, 6.45) is 15.0. The Morgan fingerprint density at radius 1 is 1.05 bits per heavy atom.